The number of nitrogens with one attached hydrogen (secondary N) is 1. The first-order valence-electron chi connectivity index (χ1n) is 7.70. The van der Waals surface area contributed by atoms with Gasteiger partial charge in [-0.15, -0.1) is 0 Å². The van der Waals surface area contributed by atoms with Gasteiger partial charge in [-0.2, -0.15) is 0 Å². The quantitative estimate of drug-likeness (QED) is 0.928. The number of aromatic nitrogens is 1. The fraction of sp³-hybridized carbons (Fsp3) is 0.389. The molecular formula is C18H23N3. The predicted molar refractivity (Wildman–Crippen MR) is 88.2 cm³/mol. The average Bonchev–Trinajstić information content (AvgIpc) is 2.53. The number of rotatable bonds is 3. The molecule has 2 heterocycles. The van der Waals surface area contributed by atoms with Gasteiger partial charge >= 0.3 is 0 Å². The highest BCUT2D eigenvalue weighted by atomic mass is 15.2. The summed E-state index contributed by atoms with van der Waals surface area (Å²) in [7, 11) is 1.99. The molecule has 3 rings (SSSR count). The zero-order valence-electron chi connectivity index (χ0n) is 13.1. The fourth-order valence-corrected chi connectivity index (χ4v) is 3.07. The molecule has 1 aliphatic heterocycles. The molecule has 0 amide bonds. The van der Waals surface area contributed by atoms with Gasteiger partial charge in [0.15, 0.2) is 0 Å². The van der Waals surface area contributed by atoms with Crippen molar-refractivity contribution in [2.75, 3.05) is 18.5 Å². The summed E-state index contributed by atoms with van der Waals surface area (Å²) in [6.07, 6.45) is 4.24. The molecule has 0 fully saturated rings. The van der Waals surface area contributed by atoms with E-state index in [2.05, 4.69) is 53.3 Å². The van der Waals surface area contributed by atoms with Crippen LogP contribution in [-0.4, -0.2) is 18.6 Å². The highest BCUT2D eigenvalue weighted by molar-refractivity contribution is 5.68. The second-order valence-corrected chi connectivity index (χ2v) is 5.81. The molecule has 1 atom stereocenters. The molecule has 1 aromatic carbocycles. The first-order chi connectivity index (χ1) is 10.2. The Bertz CT molecular complexity index is 636. The molecule has 0 bridgehead atoms. The van der Waals surface area contributed by atoms with Gasteiger partial charge in [-0.1, -0.05) is 23.8 Å². The Balaban J connectivity index is 2.07. The second-order valence-electron chi connectivity index (χ2n) is 5.81. The summed E-state index contributed by atoms with van der Waals surface area (Å²) >= 11 is 0. The van der Waals surface area contributed by atoms with Crippen molar-refractivity contribution in [3.05, 3.63) is 53.2 Å². The molecule has 1 unspecified atom stereocenters. The topological polar surface area (TPSA) is 28.2 Å². The van der Waals surface area contributed by atoms with Gasteiger partial charge < -0.3 is 10.2 Å². The number of aryl methyl sites for hydroxylation is 2. The number of anilines is 2. The van der Waals surface area contributed by atoms with Gasteiger partial charge in [-0.05, 0) is 51.4 Å². The highest BCUT2D eigenvalue weighted by Crippen LogP contribution is 2.36. The number of pyridine rings is 1. The zero-order chi connectivity index (χ0) is 14.8. The molecule has 3 heteroatoms. The summed E-state index contributed by atoms with van der Waals surface area (Å²) < 4.78 is 0. The summed E-state index contributed by atoms with van der Waals surface area (Å²) in [5, 5.41) is 3.33. The Morgan fingerprint density at radius 1 is 1.29 bits per heavy atom. The van der Waals surface area contributed by atoms with Crippen LogP contribution in [-0.2, 0) is 6.42 Å². The third-order valence-corrected chi connectivity index (χ3v) is 4.33. The van der Waals surface area contributed by atoms with Gasteiger partial charge in [-0.25, -0.2) is 4.98 Å². The van der Waals surface area contributed by atoms with Crippen molar-refractivity contribution in [1.29, 1.82) is 0 Å². The van der Waals surface area contributed by atoms with Crippen LogP contribution in [0.3, 0.4) is 0 Å². The number of nitrogens with zero attached hydrogens (tertiary/aromatic N) is 2. The van der Waals surface area contributed by atoms with E-state index in [9.17, 15) is 0 Å². The second kappa shape index (κ2) is 5.86. The third kappa shape index (κ3) is 2.66. The van der Waals surface area contributed by atoms with Crippen molar-refractivity contribution < 1.29 is 0 Å². The smallest absolute Gasteiger partial charge is 0.137 e. The summed E-state index contributed by atoms with van der Waals surface area (Å²) in [6, 6.07) is 11.2. The van der Waals surface area contributed by atoms with Crippen molar-refractivity contribution in [3.63, 3.8) is 0 Å². The molecular weight excluding hydrogens is 258 g/mol. The number of benzene rings is 1. The van der Waals surface area contributed by atoms with Crippen LogP contribution in [0.1, 0.15) is 36.1 Å². The SMILES string of the molecule is CNC(C)c1cccnc1N1CCCc2cc(C)ccc21. The van der Waals surface area contributed by atoms with Crippen LogP contribution in [0, 0.1) is 6.92 Å². The lowest BCUT2D eigenvalue weighted by Gasteiger charge is -2.33. The van der Waals surface area contributed by atoms with E-state index in [0.717, 1.165) is 18.8 Å². The van der Waals surface area contributed by atoms with Crippen molar-refractivity contribution >= 4 is 11.5 Å². The molecule has 0 saturated carbocycles. The Labute approximate surface area is 127 Å². The molecule has 0 radical (unpaired) electrons. The summed E-state index contributed by atoms with van der Waals surface area (Å²) in [5.74, 6) is 1.09. The van der Waals surface area contributed by atoms with Crippen LogP contribution in [0.25, 0.3) is 0 Å². The maximum atomic E-state index is 4.68. The zero-order valence-corrected chi connectivity index (χ0v) is 13.1. The standard InChI is InChI=1S/C18H23N3/c1-13-8-9-17-15(12-13)6-5-11-21(17)18-16(14(2)19-3)7-4-10-20-18/h4,7-10,12,14,19H,5-6,11H2,1-3H3. The van der Waals surface area contributed by atoms with E-state index in [1.165, 1.54) is 28.8 Å². The van der Waals surface area contributed by atoms with E-state index in [4.69, 9.17) is 0 Å². The van der Waals surface area contributed by atoms with Crippen LogP contribution in [0.5, 0.6) is 0 Å². The molecule has 0 spiro atoms. The monoisotopic (exact) mass is 281 g/mol. The summed E-state index contributed by atoms with van der Waals surface area (Å²) in [6.45, 7) is 5.38. The first kappa shape index (κ1) is 14.1. The van der Waals surface area contributed by atoms with Crippen molar-refractivity contribution in [2.24, 2.45) is 0 Å². The molecule has 21 heavy (non-hydrogen) atoms. The van der Waals surface area contributed by atoms with Crippen LogP contribution in [0.15, 0.2) is 36.5 Å². The van der Waals surface area contributed by atoms with E-state index >= 15 is 0 Å². The van der Waals surface area contributed by atoms with Gasteiger partial charge in [0.05, 0.1) is 0 Å². The van der Waals surface area contributed by atoms with Gasteiger partial charge in [0.2, 0.25) is 0 Å². The molecule has 1 aromatic heterocycles. The molecule has 0 aliphatic carbocycles. The van der Waals surface area contributed by atoms with Crippen LogP contribution < -0.4 is 10.2 Å². The average molecular weight is 281 g/mol. The lowest BCUT2D eigenvalue weighted by atomic mass is 9.98. The molecule has 0 saturated heterocycles. The molecule has 3 nitrogen and oxygen atoms in total. The lowest BCUT2D eigenvalue weighted by molar-refractivity contribution is 0.644. The van der Waals surface area contributed by atoms with Gasteiger partial charge in [0.1, 0.15) is 5.82 Å². The Morgan fingerprint density at radius 2 is 2.14 bits per heavy atom. The number of fused-ring (bicyclic) bond motifs is 1. The summed E-state index contributed by atoms with van der Waals surface area (Å²) in [5.41, 5.74) is 5.35. The molecule has 1 aliphatic rings. The number of hydrogen-bond donors (Lipinski definition) is 1. The maximum Gasteiger partial charge on any atom is 0.137 e. The molecule has 1 N–H and O–H groups in total. The first-order valence-corrected chi connectivity index (χ1v) is 7.70. The fourth-order valence-electron chi connectivity index (χ4n) is 3.07. The normalized spacial score (nSPS) is 15.7. The van der Waals surface area contributed by atoms with Crippen molar-refractivity contribution in [1.82, 2.24) is 10.3 Å². The minimum atomic E-state index is 0.296. The highest BCUT2D eigenvalue weighted by Gasteiger charge is 2.22. The Hall–Kier alpha value is -1.87. The van der Waals surface area contributed by atoms with Crippen LogP contribution in [0.4, 0.5) is 11.5 Å². The van der Waals surface area contributed by atoms with E-state index in [0.29, 0.717) is 6.04 Å². The minimum absolute atomic E-state index is 0.296. The van der Waals surface area contributed by atoms with Gasteiger partial charge in [0.25, 0.3) is 0 Å². The van der Waals surface area contributed by atoms with E-state index in [1.54, 1.807) is 0 Å². The van der Waals surface area contributed by atoms with E-state index in [-0.39, 0.29) is 0 Å². The Kier molecular flexibility index (Phi) is 3.93. The third-order valence-electron chi connectivity index (χ3n) is 4.33. The largest absolute Gasteiger partial charge is 0.326 e. The predicted octanol–water partition coefficient (Wildman–Crippen LogP) is 3.75. The molecule has 2 aromatic rings. The summed E-state index contributed by atoms with van der Waals surface area (Å²) in [4.78, 5) is 7.06. The van der Waals surface area contributed by atoms with Crippen molar-refractivity contribution in [2.45, 2.75) is 32.7 Å². The Morgan fingerprint density at radius 3 is 2.95 bits per heavy atom. The lowest BCUT2D eigenvalue weighted by Crippen LogP contribution is -2.27. The maximum absolute atomic E-state index is 4.68. The minimum Gasteiger partial charge on any atom is -0.326 e. The van der Waals surface area contributed by atoms with Gasteiger partial charge in [0, 0.05) is 30.0 Å². The molecule has 110 valence electrons. The van der Waals surface area contributed by atoms with E-state index < -0.39 is 0 Å². The van der Waals surface area contributed by atoms with Crippen LogP contribution in [0.2, 0.25) is 0 Å². The van der Waals surface area contributed by atoms with Gasteiger partial charge in [-0.3, -0.25) is 0 Å². The number of hydrogen-bond acceptors (Lipinski definition) is 3. The van der Waals surface area contributed by atoms with E-state index in [1.807, 2.05) is 19.3 Å². The van der Waals surface area contributed by atoms with Crippen molar-refractivity contribution in [3.8, 4) is 0 Å². The van der Waals surface area contributed by atoms with Crippen LogP contribution >= 0.6 is 0 Å².